The van der Waals surface area contributed by atoms with Gasteiger partial charge in [-0.1, -0.05) is 35.3 Å². The number of carbonyl (C=O) groups excluding carboxylic acids is 2. The second-order valence-electron chi connectivity index (χ2n) is 7.39. The van der Waals surface area contributed by atoms with Gasteiger partial charge in [-0.25, -0.2) is 4.39 Å². The second-order valence-corrected chi connectivity index (χ2v) is 8.23. The Balaban J connectivity index is 1.98. The average molecular weight is 502 g/mol. The first-order chi connectivity index (χ1) is 16.3. The molecule has 1 amide bonds. The van der Waals surface area contributed by atoms with Gasteiger partial charge in [-0.15, -0.1) is 0 Å². The van der Waals surface area contributed by atoms with Crippen molar-refractivity contribution in [1.82, 2.24) is 0 Å². The summed E-state index contributed by atoms with van der Waals surface area (Å²) in [5.41, 5.74) is 0.612. The number of ketones is 1. The zero-order valence-electron chi connectivity index (χ0n) is 18.0. The molecule has 0 bridgehead atoms. The van der Waals surface area contributed by atoms with Crippen LogP contribution in [0.3, 0.4) is 0 Å². The predicted molar refractivity (Wildman–Crippen MR) is 127 cm³/mol. The first-order valence-corrected chi connectivity index (χ1v) is 10.8. The number of aliphatic hydroxyl groups is 1. The number of amides is 1. The van der Waals surface area contributed by atoms with Gasteiger partial charge in [0.15, 0.2) is 0 Å². The number of rotatable bonds is 5. The molecule has 1 aliphatic rings. The highest BCUT2D eigenvalue weighted by molar-refractivity contribution is 6.51. The van der Waals surface area contributed by atoms with Crippen molar-refractivity contribution in [2.75, 3.05) is 19.1 Å². The highest BCUT2D eigenvalue weighted by Crippen LogP contribution is 2.45. The molecule has 1 heterocycles. The second kappa shape index (κ2) is 9.37. The van der Waals surface area contributed by atoms with Gasteiger partial charge >= 0.3 is 0 Å². The Labute approximate surface area is 204 Å². The predicted octanol–water partition coefficient (Wildman–Crippen LogP) is 5.78. The first-order valence-electron chi connectivity index (χ1n) is 10.0. The minimum Gasteiger partial charge on any atom is -0.507 e. The monoisotopic (exact) mass is 501 g/mol. The molecule has 0 saturated carbocycles. The van der Waals surface area contributed by atoms with Gasteiger partial charge in [0.1, 0.15) is 23.1 Å². The fourth-order valence-corrected chi connectivity index (χ4v) is 4.46. The van der Waals surface area contributed by atoms with Crippen LogP contribution in [0.25, 0.3) is 5.76 Å². The highest BCUT2D eigenvalue weighted by atomic mass is 35.5. The van der Waals surface area contributed by atoms with E-state index in [9.17, 15) is 19.1 Å². The van der Waals surface area contributed by atoms with Crippen LogP contribution in [0, 0.1) is 5.82 Å². The summed E-state index contributed by atoms with van der Waals surface area (Å²) in [7, 11) is 2.85. The Kier molecular flexibility index (Phi) is 6.50. The van der Waals surface area contributed by atoms with E-state index in [2.05, 4.69) is 0 Å². The Morgan fingerprint density at radius 1 is 0.971 bits per heavy atom. The van der Waals surface area contributed by atoms with Crippen LogP contribution in [0.4, 0.5) is 10.1 Å². The van der Waals surface area contributed by atoms with Crippen molar-refractivity contribution >= 4 is 46.3 Å². The Hall–Kier alpha value is -3.55. The summed E-state index contributed by atoms with van der Waals surface area (Å²) in [6.45, 7) is 0. The van der Waals surface area contributed by atoms with E-state index in [0.717, 1.165) is 0 Å². The molecule has 0 radical (unpaired) electrons. The molecule has 3 aromatic rings. The molecule has 0 spiro atoms. The fourth-order valence-electron chi connectivity index (χ4n) is 3.89. The third-order valence-electron chi connectivity index (χ3n) is 5.45. The number of hydrogen-bond acceptors (Lipinski definition) is 5. The van der Waals surface area contributed by atoms with Gasteiger partial charge in [0.25, 0.3) is 11.7 Å². The largest absolute Gasteiger partial charge is 0.507 e. The summed E-state index contributed by atoms with van der Waals surface area (Å²) in [6, 6.07) is 13.5. The van der Waals surface area contributed by atoms with Crippen molar-refractivity contribution in [2.24, 2.45) is 0 Å². The maximum absolute atomic E-state index is 13.7. The van der Waals surface area contributed by atoms with E-state index in [1.807, 2.05) is 0 Å². The van der Waals surface area contributed by atoms with Crippen LogP contribution in [-0.2, 0) is 9.59 Å². The number of nitrogens with zero attached hydrogens (tertiary/aromatic N) is 1. The van der Waals surface area contributed by atoms with Crippen molar-refractivity contribution < 1.29 is 28.6 Å². The van der Waals surface area contributed by atoms with E-state index in [1.165, 1.54) is 55.5 Å². The van der Waals surface area contributed by atoms with Crippen molar-refractivity contribution in [3.63, 3.8) is 0 Å². The van der Waals surface area contributed by atoms with E-state index in [4.69, 9.17) is 32.7 Å². The van der Waals surface area contributed by atoms with Gasteiger partial charge in [-0.05, 0) is 54.1 Å². The number of halogens is 3. The number of carbonyl (C=O) groups is 2. The van der Waals surface area contributed by atoms with Gasteiger partial charge in [-0.3, -0.25) is 14.5 Å². The number of anilines is 1. The molecule has 1 fully saturated rings. The van der Waals surface area contributed by atoms with Gasteiger partial charge in [0.05, 0.1) is 36.4 Å². The van der Waals surface area contributed by atoms with Crippen molar-refractivity contribution in [1.29, 1.82) is 0 Å². The molecule has 1 saturated heterocycles. The van der Waals surface area contributed by atoms with Crippen molar-refractivity contribution in [3.8, 4) is 11.5 Å². The average Bonchev–Trinajstić information content (AvgIpc) is 3.09. The minimum absolute atomic E-state index is 0.0415. The molecule has 9 heteroatoms. The number of ether oxygens (including phenoxy) is 2. The number of methoxy groups -OCH3 is 2. The van der Waals surface area contributed by atoms with Crippen molar-refractivity contribution in [2.45, 2.75) is 6.04 Å². The normalized spacial score (nSPS) is 17.2. The van der Waals surface area contributed by atoms with E-state index >= 15 is 0 Å². The molecule has 1 aliphatic heterocycles. The minimum atomic E-state index is -1.06. The first kappa shape index (κ1) is 23.6. The molecule has 4 rings (SSSR count). The molecule has 34 heavy (non-hydrogen) atoms. The number of hydrogen-bond donors (Lipinski definition) is 1. The van der Waals surface area contributed by atoms with E-state index < -0.39 is 29.3 Å². The molecule has 174 valence electrons. The highest BCUT2D eigenvalue weighted by Gasteiger charge is 2.47. The summed E-state index contributed by atoms with van der Waals surface area (Å²) in [5.74, 6) is -2.18. The third-order valence-corrected chi connectivity index (χ3v) is 5.95. The smallest absolute Gasteiger partial charge is 0.300 e. The molecular weight excluding hydrogens is 484 g/mol. The zero-order chi connectivity index (χ0) is 24.6. The van der Waals surface area contributed by atoms with Crippen LogP contribution in [0.5, 0.6) is 11.5 Å². The molecule has 1 atom stereocenters. The summed E-state index contributed by atoms with van der Waals surface area (Å²) in [5, 5.41) is 11.6. The lowest BCUT2D eigenvalue weighted by Crippen LogP contribution is -2.29. The molecular formula is C25H18Cl2FNO5. The van der Waals surface area contributed by atoms with Gasteiger partial charge in [0, 0.05) is 10.7 Å². The quantitative estimate of drug-likeness (QED) is 0.272. The summed E-state index contributed by atoms with van der Waals surface area (Å²) in [6.07, 6.45) is 0. The number of Topliss-reactive ketones (excluding diaryl/α,β-unsaturated/α-hetero) is 1. The van der Waals surface area contributed by atoms with E-state index in [0.29, 0.717) is 17.0 Å². The molecule has 0 aliphatic carbocycles. The maximum Gasteiger partial charge on any atom is 0.300 e. The van der Waals surface area contributed by atoms with Crippen LogP contribution in [-0.4, -0.2) is 31.0 Å². The van der Waals surface area contributed by atoms with Gasteiger partial charge in [0.2, 0.25) is 0 Å². The Bertz CT molecular complexity index is 1310. The van der Waals surface area contributed by atoms with Crippen LogP contribution >= 0.6 is 23.2 Å². The van der Waals surface area contributed by atoms with Gasteiger partial charge in [-0.2, -0.15) is 0 Å². The van der Waals surface area contributed by atoms with Crippen LogP contribution in [0.2, 0.25) is 10.0 Å². The zero-order valence-corrected chi connectivity index (χ0v) is 19.5. The fraction of sp³-hybridized carbons (Fsp3) is 0.120. The lowest BCUT2D eigenvalue weighted by atomic mass is 9.94. The lowest BCUT2D eigenvalue weighted by Gasteiger charge is -2.25. The van der Waals surface area contributed by atoms with Crippen LogP contribution < -0.4 is 14.4 Å². The Morgan fingerprint density at radius 2 is 1.62 bits per heavy atom. The van der Waals surface area contributed by atoms with Crippen LogP contribution in [0.15, 0.2) is 66.2 Å². The van der Waals surface area contributed by atoms with Crippen LogP contribution in [0.1, 0.15) is 17.2 Å². The van der Waals surface area contributed by atoms with E-state index in [1.54, 1.807) is 24.3 Å². The molecule has 3 aromatic carbocycles. The van der Waals surface area contributed by atoms with Crippen molar-refractivity contribution in [3.05, 3.63) is 93.2 Å². The maximum atomic E-state index is 13.7. The summed E-state index contributed by atoms with van der Waals surface area (Å²) < 4.78 is 24.1. The molecule has 6 nitrogen and oxygen atoms in total. The standard InChI is InChI=1S/C25H18Cl2FNO5/c1-33-17-9-7-16(8-10-17)29-21(13-3-5-15(28)6-4-13)20(23(31)25(29)32)22(30)18-11-14(26)12-19(27)24(18)34-2/h3-12,21,30H,1-2H3/b22-20+. The topological polar surface area (TPSA) is 76.1 Å². The van der Waals surface area contributed by atoms with Gasteiger partial charge < -0.3 is 14.6 Å². The SMILES string of the molecule is COc1ccc(N2C(=O)C(=O)/C(=C(/O)c3cc(Cl)cc(Cl)c3OC)C2c2ccc(F)cc2)cc1. The number of aliphatic hydroxyl groups excluding tert-OH is 1. The molecule has 1 N–H and O–H groups in total. The Morgan fingerprint density at radius 3 is 2.21 bits per heavy atom. The number of benzene rings is 3. The summed E-state index contributed by atoms with van der Waals surface area (Å²) in [4.78, 5) is 27.7. The third kappa shape index (κ3) is 4.08. The molecule has 0 aromatic heterocycles. The summed E-state index contributed by atoms with van der Waals surface area (Å²) >= 11 is 12.3. The van der Waals surface area contributed by atoms with E-state index in [-0.39, 0.29) is 26.9 Å². The molecule has 1 unspecified atom stereocenters. The lowest BCUT2D eigenvalue weighted by molar-refractivity contribution is -0.132.